The number of anilines is 1. The van der Waals surface area contributed by atoms with Crippen molar-refractivity contribution in [2.45, 2.75) is 26.7 Å². The first kappa shape index (κ1) is 17.7. The van der Waals surface area contributed by atoms with Crippen LogP contribution >= 0.6 is 0 Å². The summed E-state index contributed by atoms with van der Waals surface area (Å²) in [6.07, 6.45) is 1.52. The van der Waals surface area contributed by atoms with Gasteiger partial charge in [0, 0.05) is 49.1 Å². The minimum atomic E-state index is -0.259. The van der Waals surface area contributed by atoms with Gasteiger partial charge in [0.15, 0.2) is 0 Å². The van der Waals surface area contributed by atoms with Gasteiger partial charge in [0.05, 0.1) is 5.52 Å². The Kier molecular flexibility index (Phi) is 5.39. The summed E-state index contributed by atoms with van der Waals surface area (Å²) in [6, 6.07) is 3.59. The van der Waals surface area contributed by atoms with Crippen LogP contribution in [0.3, 0.4) is 0 Å². The number of fused-ring (bicyclic) bond motifs is 1. The molecule has 0 saturated carbocycles. The number of carbonyl (C=O) groups is 1. The van der Waals surface area contributed by atoms with Crippen LogP contribution in [0, 0.1) is 0 Å². The first-order valence-corrected chi connectivity index (χ1v) is 8.01. The SMILES string of the molecule is CCCc1c(O)c(/C(C)=N/C)cc2c(NC)cc(C(=O)NC)nc12. The van der Waals surface area contributed by atoms with E-state index in [-0.39, 0.29) is 11.7 Å². The summed E-state index contributed by atoms with van der Waals surface area (Å²) in [4.78, 5) is 20.7. The van der Waals surface area contributed by atoms with Gasteiger partial charge < -0.3 is 15.7 Å². The van der Waals surface area contributed by atoms with Gasteiger partial charge in [-0.05, 0) is 25.5 Å². The van der Waals surface area contributed by atoms with Crippen molar-refractivity contribution in [3.05, 3.63) is 29.0 Å². The average Bonchev–Trinajstić information content (AvgIpc) is 2.61. The molecule has 3 N–H and O–H groups in total. The van der Waals surface area contributed by atoms with E-state index < -0.39 is 0 Å². The van der Waals surface area contributed by atoms with Crippen LogP contribution in [0.1, 0.15) is 41.9 Å². The minimum Gasteiger partial charge on any atom is -0.507 e. The second-order valence-electron chi connectivity index (χ2n) is 5.59. The van der Waals surface area contributed by atoms with Crippen LogP contribution in [0.5, 0.6) is 5.75 Å². The van der Waals surface area contributed by atoms with E-state index in [2.05, 4.69) is 20.6 Å². The van der Waals surface area contributed by atoms with Crippen molar-refractivity contribution in [1.82, 2.24) is 10.3 Å². The van der Waals surface area contributed by atoms with E-state index in [4.69, 9.17) is 0 Å². The van der Waals surface area contributed by atoms with Gasteiger partial charge in [-0.2, -0.15) is 0 Å². The molecule has 1 heterocycles. The quantitative estimate of drug-likeness (QED) is 0.737. The van der Waals surface area contributed by atoms with E-state index in [9.17, 15) is 9.90 Å². The van der Waals surface area contributed by atoms with E-state index in [0.29, 0.717) is 23.2 Å². The Morgan fingerprint density at radius 1 is 1.33 bits per heavy atom. The Balaban J connectivity index is 2.92. The molecule has 1 aromatic heterocycles. The number of amides is 1. The van der Waals surface area contributed by atoms with Gasteiger partial charge in [0.1, 0.15) is 11.4 Å². The summed E-state index contributed by atoms with van der Waals surface area (Å²) in [7, 11) is 5.07. The fourth-order valence-electron chi connectivity index (χ4n) is 2.75. The molecule has 6 heteroatoms. The Morgan fingerprint density at radius 3 is 2.58 bits per heavy atom. The number of hydrogen-bond donors (Lipinski definition) is 3. The molecule has 2 aromatic rings. The Bertz CT molecular complexity index is 813. The standard InChI is InChI=1S/C18H24N4O2/c1-6-7-11-16-13(8-12(17(11)23)10(2)19-3)14(20-4)9-15(22-16)18(24)21-5/h8-9,23H,6-7H2,1-5H3,(H,20,22)(H,21,24)/b19-10+. The lowest BCUT2D eigenvalue weighted by Crippen LogP contribution is -2.19. The first-order valence-electron chi connectivity index (χ1n) is 8.01. The number of nitrogens with one attached hydrogen (secondary N) is 2. The fraction of sp³-hybridized carbons (Fsp3) is 0.389. The molecular formula is C18H24N4O2. The number of aliphatic imine (C=N–C) groups is 1. The van der Waals surface area contributed by atoms with E-state index in [1.807, 2.05) is 19.9 Å². The van der Waals surface area contributed by atoms with Crippen LogP contribution in [0.4, 0.5) is 5.69 Å². The second kappa shape index (κ2) is 7.29. The van der Waals surface area contributed by atoms with Gasteiger partial charge in [0.25, 0.3) is 5.91 Å². The number of nitrogens with zero attached hydrogens (tertiary/aromatic N) is 2. The maximum absolute atomic E-state index is 12.0. The Hall–Kier alpha value is -2.63. The van der Waals surface area contributed by atoms with Crippen LogP contribution in [0.25, 0.3) is 10.9 Å². The lowest BCUT2D eigenvalue weighted by atomic mass is 9.96. The number of pyridine rings is 1. The lowest BCUT2D eigenvalue weighted by Gasteiger charge is -2.16. The molecule has 0 aliphatic rings. The number of carbonyl (C=O) groups excluding carboxylic acids is 1. The highest BCUT2D eigenvalue weighted by Crippen LogP contribution is 2.35. The molecule has 24 heavy (non-hydrogen) atoms. The van der Waals surface area contributed by atoms with Crippen LogP contribution in [0.2, 0.25) is 0 Å². The molecule has 0 radical (unpaired) electrons. The van der Waals surface area contributed by atoms with Crippen LogP contribution in [-0.4, -0.2) is 42.9 Å². The number of phenolic OH excluding ortho intramolecular Hbond substituents is 1. The number of phenols is 1. The molecule has 0 aliphatic carbocycles. The number of hydrogen-bond acceptors (Lipinski definition) is 5. The lowest BCUT2D eigenvalue weighted by molar-refractivity contribution is 0.0958. The number of aryl methyl sites for hydroxylation is 1. The third-order valence-corrected chi connectivity index (χ3v) is 4.13. The summed E-state index contributed by atoms with van der Waals surface area (Å²) < 4.78 is 0. The number of benzene rings is 1. The number of aromatic hydroxyl groups is 1. The van der Waals surface area contributed by atoms with Crippen molar-refractivity contribution in [2.24, 2.45) is 4.99 Å². The van der Waals surface area contributed by atoms with Crippen molar-refractivity contribution in [3.63, 3.8) is 0 Å². The molecule has 0 bridgehead atoms. The zero-order valence-corrected chi connectivity index (χ0v) is 14.8. The van der Waals surface area contributed by atoms with Crippen molar-refractivity contribution >= 4 is 28.2 Å². The van der Waals surface area contributed by atoms with Crippen molar-refractivity contribution < 1.29 is 9.90 Å². The van der Waals surface area contributed by atoms with E-state index in [1.54, 1.807) is 27.2 Å². The van der Waals surface area contributed by atoms with Crippen molar-refractivity contribution in [2.75, 3.05) is 26.5 Å². The number of aromatic nitrogens is 1. The van der Waals surface area contributed by atoms with Crippen LogP contribution in [-0.2, 0) is 6.42 Å². The molecule has 6 nitrogen and oxygen atoms in total. The first-order chi connectivity index (χ1) is 11.5. The average molecular weight is 328 g/mol. The van der Waals surface area contributed by atoms with Gasteiger partial charge in [-0.15, -0.1) is 0 Å². The highest BCUT2D eigenvalue weighted by Gasteiger charge is 2.19. The molecule has 0 saturated heterocycles. The zero-order chi connectivity index (χ0) is 17.9. The van der Waals surface area contributed by atoms with Gasteiger partial charge in [-0.1, -0.05) is 13.3 Å². The predicted octanol–water partition coefficient (Wildman–Crippen LogP) is 2.73. The minimum absolute atomic E-state index is 0.191. The Labute approximate surface area is 142 Å². The maximum atomic E-state index is 12.0. The molecule has 0 atom stereocenters. The van der Waals surface area contributed by atoms with Crippen molar-refractivity contribution in [3.8, 4) is 5.75 Å². The van der Waals surface area contributed by atoms with E-state index in [1.165, 1.54) is 0 Å². The molecule has 0 aliphatic heterocycles. The van der Waals surface area contributed by atoms with Gasteiger partial charge in [0.2, 0.25) is 0 Å². The predicted molar refractivity (Wildman–Crippen MR) is 98.5 cm³/mol. The topological polar surface area (TPSA) is 86.6 Å². The number of rotatable bonds is 5. The summed E-state index contributed by atoms with van der Waals surface area (Å²) in [5.41, 5.74) is 3.95. The van der Waals surface area contributed by atoms with Crippen molar-refractivity contribution in [1.29, 1.82) is 0 Å². The van der Waals surface area contributed by atoms with Crippen LogP contribution in [0.15, 0.2) is 17.1 Å². The van der Waals surface area contributed by atoms with Gasteiger partial charge >= 0.3 is 0 Å². The highest BCUT2D eigenvalue weighted by molar-refractivity contribution is 6.08. The normalized spacial score (nSPS) is 11.6. The van der Waals surface area contributed by atoms with Crippen LogP contribution < -0.4 is 10.6 Å². The Morgan fingerprint density at radius 2 is 2.04 bits per heavy atom. The van der Waals surface area contributed by atoms with E-state index in [0.717, 1.165) is 28.8 Å². The monoisotopic (exact) mass is 328 g/mol. The molecule has 128 valence electrons. The molecule has 1 amide bonds. The molecular weight excluding hydrogens is 304 g/mol. The summed E-state index contributed by atoms with van der Waals surface area (Å²) in [5, 5.41) is 17.3. The molecule has 0 fully saturated rings. The summed E-state index contributed by atoms with van der Waals surface area (Å²) >= 11 is 0. The second-order valence-corrected chi connectivity index (χ2v) is 5.59. The molecule has 0 spiro atoms. The van der Waals surface area contributed by atoms with E-state index >= 15 is 0 Å². The maximum Gasteiger partial charge on any atom is 0.269 e. The molecule has 1 aromatic carbocycles. The summed E-state index contributed by atoms with van der Waals surface area (Å²) in [6.45, 7) is 3.91. The third kappa shape index (κ3) is 3.04. The van der Waals surface area contributed by atoms with Gasteiger partial charge in [-0.25, -0.2) is 4.98 Å². The molecule has 0 unspecified atom stereocenters. The summed E-state index contributed by atoms with van der Waals surface area (Å²) in [5.74, 6) is -0.0678. The largest absolute Gasteiger partial charge is 0.507 e. The highest BCUT2D eigenvalue weighted by atomic mass is 16.3. The van der Waals surface area contributed by atoms with Gasteiger partial charge in [-0.3, -0.25) is 9.79 Å². The smallest absolute Gasteiger partial charge is 0.269 e. The fourth-order valence-corrected chi connectivity index (χ4v) is 2.75. The molecule has 2 rings (SSSR count). The zero-order valence-electron chi connectivity index (χ0n) is 14.8. The third-order valence-electron chi connectivity index (χ3n) is 4.13.